The number of nitrogens with two attached hydrogens (primary N) is 2. The number of rotatable bonds is 4. The molecule has 4 N–H and O–H groups in total. The Balaban J connectivity index is 4.06. The summed E-state index contributed by atoms with van der Waals surface area (Å²) in [5, 5.41) is 0. The summed E-state index contributed by atoms with van der Waals surface area (Å²) >= 11 is 0. The molecule has 0 spiro atoms. The van der Waals surface area contributed by atoms with Crippen molar-refractivity contribution in [1.29, 1.82) is 0 Å². The summed E-state index contributed by atoms with van der Waals surface area (Å²) < 4.78 is 5.09. The van der Waals surface area contributed by atoms with E-state index in [-0.39, 0.29) is 19.1 Å². The van der Waals surface area contributed by atoms with E-state index in [2.05, 4.69) is 4.84 Å². The minimum absolute atomic E-state index is 0.0887. The smallest absolute Gasteiger partial charge is 0.313 e. The molecule has 0 aromatic carbocycles. The molecule has 1 atom stereocenters. The van der Waals surface area contributed by atoms with Crippen molar-refractivity contribution in [1.82, 2.24) is 0 Å². The summed E-state index contributed by atoms with van der Waals surface area (Å²) in [6.45, 7) is 5.64. The number of ether oxygens (including phenoxy) is 1. The van der Waals surface area contributed by atoms with E-state index in [4.69, 9.17) is 16.4 Å². The number of carbonyl (C=O) groups excluding carboxylic acids is 1. The zero-order valence-electron chi connectivity index (χ0n) is 8.37. The second kappa shape index (κ2) is 5.16. The van der Waals surface area contributed by atoms with Crippen molar-refractivity contribution in [2.75, 3.05) is 13.2 Å². The van der Waals surface area contributed by atoms with Gasteiger partial charge < -0.3 is 15.3 Å². The molecule has 0 aliphatic rings. The molecule has 0 aliphatic heterocycles. The van der Waals surface area contributed by atoms with Gasteiger partial charge in [0.15, 0.2) is 0 Å². The highest BCUT2D eigenvalue weighted by Crippen LogP contribution is 2.10. The number of carbonyl (C=O) groups is 1. The van der Waals surface area contributed by atoms with Gasteiger partial charge in [-0.3, -0.25) is 4.79 Å². The first-order valence-corrected chi connectivity index (χ1v) is 4.15. The van der Waals surface area contributed by atoms with Crippen LogP contribution in [0.3, 0.4) is 0 Å². The molecule has 13 heavy (non-hydrogen) atoms. The lowest BCUT2D eigenvalue weighted by atomic mass is 10.1. The third-order valence-electron chi connectivity index (χ3n) is 1.32. The van der Waals surface area contributed by atoms with Crippen LogP contribution >= 0.6 is 0 Å². The van der Waals surface area contributed by atoms with E-state index < -0.39 is 11.5 Å². The average molecular weight is 190 g/mol. The zero-order valence-corrected chi connectivity index (χ0v) is 8.37. The fourth-order valence-corrected chi connectivity index (χ4v) is 0.734. The lowest BCUT2D eigenvalue weighted by Crippen LogP contribution is -2.35. The van der Waals surface area contributed by atoms with Gasteiger partial charge in [-0.1, -0.05) is 0 Å². The number of hydrogen-bond donors (Lipinski definition) is 2. The molecule has 5 heteroatoms. The van der Waals surface area contributed by atoms with Gasteiger partial charge >= 0.3 is 5.97 Å². The summed E-state index contributed by atoms with van der Waals surface area (Å²) in [5.74, 6) is 3.99. The van der Waals surface area contributed by atoms with Crippen LogP contribution in [0.2, 0.25) is 0 Å². The molecule has 0 bridgehead atoms. The van der Waals surface area contributed by atoms with Crippen molar-refractivity contribution in [3.8, 4) is 0 Å². The van der Waals surface area contributed by atoms with Crippen LogP contribution in [-0.4, -0.2) is 24.7 Å². The van der Waals surface area contributed by atoms with E-state index in [1.165, 1.54) is 0 Å². The fourth-order valence-electron chi connectivity index (χ4n) is 0.734. The predicted molar refractivity (Wildman–Crippen MR) is 48.5 cm³/mol. The van der Waals surface area contributed by atoms with Crippen molar-refractivity contribution < 1.29 is 14.4 Å². The molecule has 78 valence electrons. The molecule has 0 saturated heterocycles. The Morgan fingerprint density at radius 3 is 2.31 bits per heavy atom. The average Bonchev–Trinajstić information content (AvgIpc) is 1.96. The molecule has 0 fully saturated rings. The van der Waals surface area contributed by atoms with Crippen LogP contribution in [0, 0.1) is 5.92 Å². The fraction of sp³-hybridized carbons (Fsp3) is 0.875. The molecule has 0 aliphatic carbocycles. The Kier molecular flexibility index (Phi) is 4.90. The van der Waals surface area contributed by atoms with E-state index >= 15 is 0 Å². The van der Waals surface area contributed by atoms with Crippen LogP contribution in [-0.2, 0) is 14.4 Å². The largest absolute Gasteiger partial charge is 0.460 e. The molecular weight excluding hydrogens is 172 g/mol. The molecule has 5 nitrogen and oxygen atoms in total. The maximum absolute atomic E-state index is 11.3. The summed E-state index contributed by atoms with van der Waals surface area (Å²) in [5.41, 5.74) is 4.84. The second-order valence-electron chi connectivity index (χ2n) is 3.80. The zero-order chi connectivity index (χ0) is 10.5. The van der Waals surface area contributed by atoms with Crippen LogP contribution in [0.4, 0.5) is 0 Å². The van der Waals surface area contributed by atoms with Crippen LogP contribution in [0.15, 0.2) is 0 Å². The molecule has 0 amide bonds. The molecule has 0 heterocycles. The molecule has 0 rings (SSSR count). The monoisotopic (exact) mass is 190 g/mol. The van der Waals surface area contributed by atoms with Gasteiger partial charge in [0.1, 0.15) is 5.60 Å². The molecule has 0 saturated carbocycles. The minimum atomic E-state index is -0.501. The highest BCUT2D eigenvalue weighted by Gasteiger charge is 2.23. The maximum atomic E-state index is 11.3. The van der Waals surface area contributed by atoms with Crippen molar-refractivity contribution in [3.63, 3.8) is 0 Å². The first kappa shape index (κ1) is 12.3. The molecule has 0 unspecified atom stereocenters. The van der Waals surface area contributed by atoms with Crippen molar-refractivity contribution in [2.45, 2.75) is 26.4 Å². The first-order chi connectivity index (χ1) is 5.90. The summed E-state index contributed by atoms with van der Waals surface area (Å²) in [4.78, 5) is 15.7. The standard InChI is InChI=1S/C8H18N2O3/c1-8(2,3)13-7(11)6(4-9)5-12-10/h6H,4-5,9-10H2,1-3H3/t6-/m0/s1. The predicted octanol–water partition coefficient (Wildman–Crippen LogP) is -0.207. The summed E-state index contributed by atoms with van der Waals surface area (Å²) in [6, 6.07) is 0. The van der Waals surface area contributed by atoms with Gasteiger partial charge in [-0.2, -0.15) is 0 Å². The van der Waals surface area contributed by atoms with Gasteiger partial charge in [0.25, 0.3) is 0 Å². The Hall–Kier alpha value is -0.650. The minimum Gasteiger partial charge on any atom is -0.460 e. The summed E-state index contributed by atoms with van der Waals surface area (Å²) in [6.07, 6.45) is 0. The third-order valence-corrected chi connectivity index (χ3v) is 1.32. The molecule has 0 radical (unpaired) electrons. The third kappa shape index (κ3) is 5.57. The highest BCUT2D eigenvalue weighted by molar-refractivity contribution is 5.73. The SMILES string of the molecule is CC(C)(C)OC(=O)[C@@H](CN)CON. The maximum Gasteiger partial charge on any atom is 0.313 e. The quantitative estimate of drug-likeness (QED) is 0.473. The number of esters is 1. The van der Waals surface area contributed by atoms with E-state index in [1.54, 1.807) is 20.8 Å². The van der Waals surface area contributed by atoms with E-state index in [0.717, 1.165) is 0 Å². The number of hydrogen-bond acceptors (Lipinski definition) is 5. The van der Waals surface area contributed by atoms with Gasteiger partial charge in [0.05, 0.1) is 12.5 Å². The molecular formula is C8H18N2O3. The van der Waals surface area contributed by atoms with E-state index in [0.29, 0.717) is 0 Å². The topological polar surface area (TPSA) is 87.6 Å². The molecule has 0 aromatic heterocycles. The van der Waals surface area contributed by atoms with Crippen LogP contribution in [0.1, 0.15) is 20.8 Å². The van der Waals surface area contributed by atoms with Gasteiger partial charge in [0.2, 0.25) is 0 Å². The van der Waals surface area contributed by atoms with E-state index in [1.807, 2.05) is 0 Å². The lowest BCUT2D eigenvalue weighted by molar-refractivity contribution is -0.161. The van der Waals surface area contributed by atoms with Crippen LogP contribution in [0.5, 0.6) is 0 Å². The van der Waals surface area contributed by atoms with Gasteiger partial charge in [0, 0.05) is 6.54 Å². The van der Waals surface area contributed by atoms with Crippen LogP contribution in [0.25, 0.3) is 0 Å². The Morgan fingerprint density at radius 1 is 1.46 bits per heavy atom. The van der Waals surface area contributed by atoms with Crippen LogP contribution < -0.4 is 11.6 Å². The van der Waals surface area contributed by atoms with Crippen molar-refractivity contribution in [2.24, 2.45) is 17.5 Å². The highest BCUT2D eigenvalue weighted by atomic mass is 16.6. The van der Waals surface area contributed by atoms with Gasteiger partial charge in [-0.15, -0.1) is 0 Å². The lowest BCUT2D eigenvalue weighted by Gasteiger charge is -2.22. The Bertz CT molecular complexity index is 165. The first-order valence-electron chi connectivity index (χ1n) is 4.15. The van der Waals surface area contributed by atoms with Crippen molar-refractivity contribution in [3.05, 3.63) is 0 Å². The van der Waals surface area contributed by atoms with Gasteiger partial charge in [-0.05, 0) is 20.8 Å². The normalized spacial score (nSPS) is 13.9. The van der Waals surface area contributed by atoms with Gasteiger partial charge in [-0.25, -0.2) is 5.90 Å². The Morgan fingerprint density at radius 2 is 2.00 bits per heavy atom. The molecule has 0 aromatic rings. The van der Waals surface area contributed by atoms with E-state index in [9.17, 15) is 4.79 Å². The summed E-state index contributed by atoms with van der Waals surface area (Å²) in [7, 11) is 0. The van der Waals surface area contributed by atoms with Crippen molar-refractivity contribution >= 4 is 5.97 Å². The second-order valence-corrected chi connectivity index (χ2v) is 3.80. The Labute approximate surface area is 78.3 Å².